The number of hydrogen-bond acceptors (Lipinski definition) is 6. The molecule has 1 aromatic heterocycles. The molecule has 5 nitrogen and oxygen atoms in total. The van der Waals surface area contributed by atoms with Crippen LogP contribution in [0, 0.1) is 0 Å². The van der Waals surface area contributed by atoms with Crippen molar-refractivity contribution >= 4 is 50.4 Å². The largest absolute Gasteiger partial charge is 0.598 e. The van der Waals surface area contributed by atoms with Gasteiger partial charge in [0.2, 0.25) is 0 Å². The molecule has 0 saturated carbocycles. The molecule has 0 aliphatic carbocycles. The average molecular weight is 486 g/mol. The zero-order valence-corrected chi connectivity index (χ0v) is 19.5. The molecule has 0 aliphatic rings. The van der Waals surface area contributed by atoms with Gasteiger partial charge in [-0.15, -0.1) is 4.72 Å². The number of benzene rings is 1. The third-order valence-corrected chi connectivity index (χ3v) is 7.01. The molecule has 8 heteroatoms. The minimum atomic E-state index is -1.46. The van der Waals surface area contributed by atoms with Crippen molar-refractivity contribution in [3.63, 3.8) is 0 Å². The first-order valence-electron chi connectivity index (χ1n) is 8.65. The van der Waals surface area contributed by atoms with Crippen LogP contribution in [0.15, 0.2) is 45.6 Å². The number of Topliss-reactive ketones (excluding diaryl/α,β-unsaturated/α-hetero) is 1. The molecule has 1 heterocycles. The molecule has 0 radical (unpaired) electrons. The van der Waals surface area contributed by atoms with Crippen molar-refractivity contribution in [2.45, 2.75) is 43.9 Å². The Bertz CT molecular complexity index is 820. The first-order chi connectivity index (χ1) is 13.1. The lowest BCUT2D eigenvalue weighted by atomic mass is 9.80. The quantitative estimate of drug-likeness (QED) is 0.342. The molecule has 1 aromatic carbocycles. The summed E-state index contributed by atoms with van der Waals surface area (Å²) in [6, 6.07) is 9.45. The number of ketones is 1. The number of rotatable bonds is 8. The third kappa shape index (κ3) is 5.67. The van der Waals surface area contributed by atoms with Crippen LogP contribution in [0.2, 0.25) is 0 Å². The smallest absolute Gasteiger partial charge is 0.313 e. The topological polar surface area (TPSA) is 78.5 Å². The number of carbonyl (C=O) groups excluding carboxylic acids is 2. The van der Waals surface area contributed by atoms with Gasteiger partial charge >= 0.3 is 5.97 Å². The van der Waals surface area contributed by atoms with Gasteiger partial charge in [-0.2, -0.15) is 11.3 Å². The number of esters is 1. The Morgan fingerprint density at radius 2 is 1.96 bits per heavy atom. The maximum Gasteiger partial charge on any atom is 0.313 e. The fourth-order valence-electron chi connectivity index (χ4n) is 2.69. The Morgan fingerprint density at radius 1 is 1.25 bits per heavy atom. The molecular weight excluding hydrogens is 462 g/mol. The maximum atomic E-state index is 13.1. The van der Waals surface area contributed by atoms with Crippen molar-refractivity contribution < 1.29 is 18.9 Å². The van der Waals surface area contributed by atoms with Gasteiger partial charge in [0.1, 0.15) is 22.5 Å². The van der Waals surface area contributed by atoms with Crippen molar-refractivity contribution in [3.8, 4) is 0 Å². The number of methoxy groups -OCH3 is 1. The van der Waals surface area contributed by atoms with Gasteiger partial charge in [0.05, 0.1) is 7.11 Å². The van der Waals surface area contributed by atoms with Gasteiger partial charge in [0.15, 0.2) is 0 Å². The summed E-state index contributed by atoms with van der Waals surface area (Å²) < 4.78 is 21.2. The Labute approximate surface area is 181 Å². The molecule has 0 bridgehead atoms. The SMILES string of the molecule is COC(=O)CC(=O)CC(N[S+]([O-])C(C)(C)C)(c1ccsc1)c1cccc(Br)c1. The number of halogens is 1. The predicted molar refractivity (Wildman–Crippen MR) is 117 cm³/mol. The summed E-state index contributed by atoms with van der Waals surface area (Å²) in [6.45, 7) is 5.60. The van der Waals surface area contributed by atoms with Crippen molar-refractivity contribution in [2.24, 2.45) is 0 Å². The summed E-state index contributed by atoms with van der Waals surface area (Å²) in [4.78, 5) is 24.4. The zero-order chi connectivity index (χ0) is 20.9. The standard InChI is InChI=1S/C20H24BrNO4S2/c1-19(2,3)28(25)22-20(15-8-9-27-13-15,12-17(23)11-18(24)26-4)14-6-5-7-16(21)10-14/h5-10,13,22H,11-12H2,1-4H3. The third-order valence-electron chi connectivity index (χ3n) is 4.19. The summed E-state index contributed by atoms with van der Waals surface area (Å²) in [5.41, 5.74) is 0.579. The minimum absolute atomic E-state index is 0.0306. The number of nitrogens with one attached hydrogen (secondary N) is 1. The number of hydrogen-bond donors (Lipinski definition) is 1. The van der Waals surface area contributed by atoms with E-state index in [1.807, 2.05) is 61.9 Å². The van der Waals surface area contributed by atoms with E-state index in [-0.39, 0.29) is 18.6 Å². The zero-order valence-electron chi connectivity index (χ0n) is 16.3. The van der Waals surface area contributed by atoms with Crippen LogP contribution in [0.25, 0.3) is 0 Å². The molecule has 2 atom stereocenters. The van der Waals surface area contributed by atoms with Crippen molar-refractivity contribution in [1.82, 2.24) is 4.72 Å². The van der Waals surface area contributed by atoms with E-state index in [9.17, 15) is 14.1 Å². The predicted octanol–water partition coefficient (Wildman–Crippen LogP) is 4.33. The fraction of sp³-hybridized carbons (Fsp3) is 0.400. The minimum Gasteiger partial charge on any atom is -0.598 e. The summed E-state index contributed by atoms with van der Waals surface area (Å²) >= 11 is 3.51. The molecule has 2 unspecified atom stereocenters. The van der Waals surface area contributed by atoms with Crippen LogP contribution in [0.1, 0.15) is 44.7 Å². The highest BCUT2D eigenvalue weighted by Crippen LogP contribution is 2.38. The van der Waals surface area contributed by atoms with Gasteiger partial charge < -0.3 is 9.29 Å². The molecule has 2 rings (SSSR count). The van der Waals surface area contributed by atoms with Crippen LogP contribution in [0.5, 0.6) is 0 Å². The van der Waals surface area contributed by atoms with Crippen LogP contribution in [0.4, 0.5) is 0 Å². The molecule has 2 aromatic rings. The summed E-state index contributed by atoms with van der Waals surface area (Å²) in [6.07, 6.45) is -0.364. The normalized spacial score (nSPS) is 14.9. The Hall–Kier alpha value is -1.19. The van der Waals surface area contributed by atoms with Crippen molar-refractivity contribution in [2.75, 3.05) is 7.11 Å². The van der Waals surface area contributed by atoms with E-state index in [1.54, 1.807) is 0 Å². The first-order valence-corrected chi connectivity index (χ1v) is 11.5. The second-order valence-corrected chi connectivity index (χ2v) is 11.0. The molecule has 0 fully saturated rings. The van der Waals surface area contributed by atoms with Crippen LogP contribution in [-0.4, -0.2) is 28.2 Å². The monoisotopic (exact) mass is 485 g/mol. The fourth-order valence-corrected chi connectivity index (χ4v) is 4.75. The molecule has 1 N–H and O–H groups in total. The van der Waals surface area contributed by atoms with Crippen LogP contribution < -0.4 is 4.72 Å². The van der Waals surface area contributed by atoms with E-state index in [0.717, 1.165) is 15.6 Å². The summed E-state index contributed by atoms with van der Waals surface area (Å²) in [5, 5.41) is 3.84. The molecule has 0 aliphatic heterocycles. The molecule has 0 amide bonds. The van der Waals surface area contributed by atoms with Gasteiger partial charge in [0, 0.05) is 22.3 Å². The van der Waals surface area contributed by atoms with Crippen LogP contribution in [0.3, 0.4) is 0 Å². The van der Waals surface area contributed by atoms with Crippen LogP contribution >= 0.6 is 27.3 Å². The molecule has 28 heavy (non-hydrogen) atoms. The van der Waals surface area contributed by atoms with Crippen LogP contribution in [-0.2, 0) is 31.2 Å². The summed E-state index contributed by atoms with van der Waals surface area (Å²) in [5.74, 6) is -0.883. The van der Waals surface area contributed by atoms with Gasteiger partial charge in [-0.05, 0) is 60.9 Å². The van der Waals surface area contributed by atoms with E-state index in [2.05, 4.69) is 25.4 Å². The lowest BCUT2D eigenvalue weighted by Crippen LogP contribution is -2.53. The van der Waals surface area contributed by atoms with Gasteiger partial charge in [-0.1, -0.05) is 28.1 Å². The molecule has 0 spiro atoms. The van der Waals surface area contributed by atoms with E-state index >= 15 is 0 Å². The summed E-state index contributed by atoms with van der Waals surface area (Å²) in [7, 11) is 1.25. The Balaban J connectivity index is 2.58. The highest BCUT2D eigenvalue weighted by molar-refractivity contribution is 9.10. The Morgan fingerprint density at radius 3 is 2.50 bits per heavy atom. The van der Waals surface area contributed by atoms with E-state index in [1.165, 1.54) is 18.4 Å². The highest BCUT2D eigenvalue weighted by atomic mass is 79.9. The highest BCUT2D eigenvalue weighted by Gasteiger charge is 2.44. The molecule has 0 saturated heterocycles. The van der Waals surface area contributed by atoms with Gasteiger partial charge in [0.25, 0.3) is 0 Å². The lowest BCUT2D eigenvalue weighted by Gasteiger charge is -2.37. The number of thiophene rings is 1. The Kier molecular flexibility index (Phi) is 7.87. The number of ether oxygens (including phenoxy) is 1. The lowest BCUT2D eigenvalue weighted by molar-refractivity contribution is -0.143. The number of carbonyl (C=O) groups is 2. The van der Waals surface area contributed by atoms with Gasteiger partial charge in [-0.25, -0.2) is 0 Å². The first kappa shape index (κ1) is 23.1. The average Bonchev–Trinajstić information content (AvgIpc) is 3.15. The second kappa shape index (κ2) is 9.54. The maximum absolute atomic E-state index is 13.1. The van der Waals surface area contributed by atoms with Crippen molar-refractivity contribution in [1.29, 1.82) is 0 Å². The van der Waals surface area contributed by atoms with E-state index < -0.39 is 27.6 Å². The second-order valence-electron chi connectivity index (χ2n) is 7.38. The van der Waals surface area contributed by atoms with Crippen molar-refractivity contribution in [3.05, 3.63) is 56.7 Å². The molecular formula is C20H24BrNO4S2. The van der Waals surface area contributed by atoms with E-state index in [4.69, 9.17) is 0 Å². The van der Waals surface area contributed by atoms with Gasteiger partial charge in [-0.3, -0.25) is 9.59 Å². The van der Waals surface area contributed by atoms with E-state index in [0.29, 0.717) is 0 Å². The molecule has 152 valence electrons.